The van der Waals surface area contributed by atoms with Crippen molar-refractivity contribution in [2.45, 2.75) is 19.8 Å². The average molecular weight is 222 g/mol. The maximum atomic E-state index is 4.32. The third-order valence-corrected chi connectivity index (χ3v) is 3.12. The molecule has 0 unspecified atom stereocenters. The van der Waals surface area contributed by atoms with E-state index in [9.17, 15) is 0 Å². The van der Waals surface area contributed by atoms with Crippen LogP contribution in [0.5, 0.6) is 0 Å². The number of rotatable bonds is 1. The van der Waals surface area contributed by atoms with Crippen molar-refractivity contribution in [2.75, 3.05) is 0 Å². The molecular weight excluding hydrogens is 208 g/mol. The first-order chi connectivity index (χ1) is 8.33. The third-order valence-electron chi connectivity index (χ3n) is 3.12. The Bertz CT molecular complexity index is 585. The van der Waals surface area contributed by atoms with Crippen molar-refractivity contribution >= 4 is 6.08 Å². The van der Waals surface area contributed by atoms with Crippen LogP contribution in [0.3, 0.4) is 0 Å². The second-order valence-corrected chi connectivity index (χ2v) is 4.40. The lowest BCUT2D eigenvalue weighted by Crippen LogP contribution is -1.95. The van der Waals surface area contributed by atoms with E-state index >= 15 is 0 Å². The molecule has 0 aliphatic heterocycles. The minimum Gasteiger partial charge on any atom is -0.242 e. The number of hydrogen-bond donors (Lipinski definition) is 0. The molecule has 0 fully saturated rings. The molecule has 0 bridgehead atoms. The standard InChI is InChI=1S/C15H14N2/c1-11-8-15(17-10-16-11)14-7-6-12-4-2-3-5-13(12)9-14/h3,5-10H,2,4H2,1H3. The Kier molecular flexibility index (Phi) is 2.48. The van der Waals surface area contributed by atoms with E-state index in [4.69, 9.17) is 0 Å². The molecule has 2 heteroatoms. The van der Waals surface area contributed by atoms with E-state index in [-0.39, 0.29) is 0 Å². The van der Waals surface area contributed by atoms with E-state index in [0.717, 1.165) is 24.2 Å². The Morgan fingerprint density at radius 2 is 2.06 bits per heavy atom. The summed E-state index contributed by atoms with van der Waals surface area (Å²) in [7, 11) is 0. The smallest absolute Gasteiger partial charge is 0.116 e. The molecule has 0 spiro atoms. The Labute approximate surface area is 101 Å². The van der Waals surface area contributed by atoms with E-state index in [1.165, 1.54) is 16.7 Å². The maximum Gasteiger partial charge on any atom is 0.116 e. The third kappa shape index (κ3) is 1.98. The lowest BCUT2D eigenvalue weighted by Gasteiger charge is -2.11. The van der Waals surface area contributed by atoms with E-state index in [2.05, 4.69) is 40.3 Å². The first-order valence-electron chi connectivity index (χ1n) is 5.91. The normalized spacial score (nSPS) is 13.5. The van der Waals surface area contributed by atoms with Crippen LogP contribution < -0.4 is 0 Å². The van der Waals surface area contributed by atoms with Crippen LogP contribution in [0, 0.1) is 6.92 Å². The van der Waals surface area contributed by atoms with Crippen LogP contribution in [-0.2, 0) is 6.42 Å². The summed E-state index contributed by atoms with van der Waals surface area (Å²) in [6, 6.07) is 8.60. The Balaban J connectivity index is 2.08. The first kappa shape index (κ1) is 10.2. The quantitative estimate of drug-likeness (QED) is 0.739. The number of allylic oxidation sites excluding steroid dienone is 1. The molecule has 1 aliphatic carbocycles. The monoisotopic (exact) mass is 222 g/mol. The molecule has 0 saturated carbocycles. The molecule has 0 saturated heterocycles. The van der Waals surface area contributed by atoms with Gasteiger partial charge in [0.1, 0.15) is 6.33 Å². The largest absolute Gasteiger partial charge is 0.242 e. The number of hydrogen-bond acceptors (Lipinski definition) is 2. The second kappa shape index (κ2) is 4.13. The highest BCUT2D eigenvalue weighted by molar-refractivity contribution is 5.67. The van der Waals surface area contributed by atoms with Crippen LogP contribution in [0.4, 0.5) is 0 Å². The van der Waals surface area contributed by atoms with Crippen LogP contribution in [0.2, 0.25) is 0 Å². The van der Waals surface area contributed by atoms with Crippen LogP contribution in [0.15, 0.2) is 36.7 Å². The van der Waals surface area contributed by atoms with Crippen molar-refractivity contribution in [2.24, 2.45) is 0 Å². The molecule has 3 rings (SSSR count). The van der Waals surface area contributed by atoms with Crippen molar-refractivity contribution in [3.8, 4) is 11.3 Å². The zero-order valence-corrected chi connectivity index (χ0v) is 9.85. The summed E-state index contributed by atoms with van der Waals surface area (Å²) in [5, 5.41) is 0. The topological polar surface area (TPSA) is 25.8 Å². The summed E-state index contributed by atoms with van der Waals surface area (Å²) in [5.74, 6) is 0. The summed E-state index contributed by atoms with van der Waals surface area (Å²) in [4.78, 5) is 8.45. The molecule has 0 amide bonds. The van der Waals surface area contributed by atoms with Gasteiger partial charge in [-0.1, -0.05) is 24.3 Å². The molecule has 17 heavy (non-hydrogen) atoms. The van der Waals surface area contributed by atoms with Gasteiger partial charge in [0.05, 0.1) is 5.69 Å². The molecule has 1 aliphatic rings. The minimum atomic E-state index is 0.999. The SMILES string of the molecule is Cc1cc(-c2ccc3c(c2)C=CCC3)ncn1. The Morgan fingerprint density at radius 1 is 1.12 bits per heavy atom. The molecule has 1 heterocycles. The van der Waals surface area contributed by atoms with Gasteiger partial charge in [0, 0.05) is 11.3 Å². The average Bonchev–Trinajstić information content (AvgIpc) is 2.38. The molecule has 84 valence electrons. The van der Waals surface area contributed by atoms with Crippen LogP contribution >= 0.6 is 0 Å². The highest BCUT2D eigenvalue weighted by atomic mass is 14.8. The zero-order chi connectivity index (χ0) is 11.7. The van der Waals surface area contributed by atoms with E-state index in [0.29, 0.717) is 0 Å². The van der Waals surface area contributed by atoms with E-state index in [1.807, 2.05) is 13.0 Å². The van der Waals surface area contributed by atoms with Gasteiger partial charge in [-0.2, -0.15) is 0 Å². The van der Waals surface area contributed by atoms with Crippen molar-refractivity contribution in [3.63, 3.8) is 0 Å². The van der Waals surface area contributed by atoms with E-state index in [1.54, 1.807) is 6.33 Å². The predicted octanol–water partition coefficient (Wildman–Crippen LogP) is 3.41. The van der Waals surface area contributed by atoms with Crippen molar-refractivity contribution in [3.05, 3.63) is 53.5 Å². The minimum absolute atomic E-state index is 0.999. The van der Waals surface area contributed by atoms with Gasteiger partial charge in [-0.25, -0.2) is 9.97 Å². The lowest BCUT2D eigenvalue weighted by atomic mass is 9.94. The van der Waals surface area contributed by atoms with Gasteiger partial charge < -0.3 is 0 Å². The van der Waals surface area contributed by atoms with Crippen molar-refractivity contribution in [1.82, 2.24) is 9.97 Å². The highest BCUT2D eigenvalue weighted by Crippen LogP contribution is 2.25. The fourth-order valence-corrected chi connectivity index (χ4v) is 2.20. The number of benzene rings is 1. The molecule has 1 aromatic carbocycles. The van der Waals surface area contributed by atoms with Crippen LogP contribution in [-0.4, -0.2) is 9.97 Å². The number of nitrogens with zero attached hydrogens (tertiary/aromatic N) is 2. The Hall–Kier alpha value is -1.96. The van der Waals surface area contributed by atoms with Crippen LogP contribution in [0.25, 0.3) is 17.3 Å². The molecule has 0 radical (unpaired) electrons. The predicted molar refractivity (Wildman–Crippen MR) is 69.6 cm³/mol. The maximum absolute atomic E-state index is 4.32. The summed E-state index contributed by atoms with van der Waals surface area (Å²) in [6.07, 6.45) is 8.36. The summed E-state index contributed by atoms with van der Waals surface area (Å²) < 4.78 is 0. The molecule has 0 atom stereocenters. The molecule has 2 nitrogen and oxygen atoms in total. The van der Waals surface area contributed by atoms with Crippen molar-refractivity contribution < 1.29 is 0 Å². The second-order valence-electron chi connectivity index (χ2n) is 4.40. The van der Waals surface area contributed by atoms with Gasteiger partial charge in [0.15, 0.2) is 0 Å². The Morgan fingerprint density at radius 3 is 2.94 bits per heavy atom. The van der Waals surface area contributed by atoms with Gasteiger partial charge in [-0.3, -0.25) is 0 Å². The lowest BCUT2D eigenvalue weighted by molar-refractivity contribution is 0.985. The van der Waals surface area contributed by atoms with Crippen molar-refractivity contribution in [1.29, 1.82) is 0 Å². The van der Waals surface area contributed by atoms with Gasteiger partial charge in [-0.15, -0.1) is 0 Å². The number of fused-ring (bicyclic) bond motifs is 1. The number of aromatic nitrogens is 2. The highest BCUT2D eigenvalue weighted by Gasteiger charge is 2.07. The van der Waals surface area contributed by atoms with Gasteiger partial charge in [0.2, 0.25) is 0 Å². The summed E-state index contributed by atoms with van der Waals surface area (Å²) in [5.41, 5.74) is 5.93. The molecule has 2 aromatic rings. The molecule has 1 aromatic heterocycles. The molecular formula is C15H14N2. The summed E-state index contributed by atoms with van der Waals surface area (Å²) in [6.45, 7) is 1.99. The van der Waals surface area contributed by atoms with E-state index < -0.39 is 0 Å². The number of aryl methyl sites for hydroxylation is 2. The van der Waals surface area contributed by atoms with Crippen LogP contribution in [0.1, 0.15) is 23.2 Å². The van der Waals surface area contributed by atoms with Gasteiger partial charge in [0.25, 0.3) is 0 Å². The van der Waals surface area contributed by atoms with Gasteiger partial charge in [-0.05, 0) is 43.0 Å². The summed E-state index contributed by atoms with van der Waals surface area (Å²) >= 11 is 0. The molecule has 0 N–H and O–H groups in total. The fourth-order valence-electron chi connectivity index (χ4n) is 2.20. The zero-order valence-electron chi connectivity index (χ0n) is 9.85. The fraction of sp³-hybridized carbons (Fsp3) is 0.200. The van der Waals surface area contributed by atoms with Gasteiger partial charge >= 0.3 is 0 Å². The first-order valence-corrected chi connectivity index (χ1v) is 5.91.